The van der Waals surface area contributed by atoms with Crippen LogP contribution in [0.2, 0.25) is 0 Å². The van der Waals surface area contributed by atoms with Crippen LogP contribution in [0.1, 0.15) is 17.0 Å². The molecule has 0 fully saturated rings. The molecule has 0 saturated heterocycles. The van der Waals surface area contributed by atoms with Crippen molar-refractivity contribution in [1.29, 1.82) is 0 Å². The van der Waals surface area contributed by atoms with Gasteiger partial charge in [-0.05, 0) is 37.6 Å². The summed E-state index contributed by atoms with van der Waals surface area (Å²) >= 11 is 3.43. The minimum Gasteiger partial charge on any atom is -0.392 e. The van der Waals surface area contributed by atoms with E-state index in [9.17, 15) is 0 Å². The zero-order valence-electron chi connectivity index (χ0n) is 9.24. The van der Waals surface area contributed by atoms with E-state index in [1.807, 2.05) is 42.8 Å². The van der Waals surface area contributed by atoms with Crippen LogP contribution in [-0.2, 0) is 6.61 Å². The molecule has 0 aliphatic heterocycles. The van der Waals surface area contributed by atoms with Gasteiger partial charge in [-0.2, -0.15) is 5.10 Å². The molecule has 1 aromatic heterocycles. The van der Waals surface area contributed by atoms with Crippen molar-refractivity contribution in [2.45, 2.75) is 20.5 Å². The quantitative estimate of drug-likeness (QED) is 0.919. The van der Waals surface area contributed by atoms with Gasteiger partial charge in [0.2, 0.25) is 0 Å². The van der Waals surface area contributed by atoms with E-state index in [4.69, 9.17) is 5.11 Å². The lowest BCUT2D eigenvalue weighted by Crippen LogP contribution is -1.99. The highest BCUT2D eigenvalue weighted by molar-refractivity contribution is 9.10. The summed E-state index contributed by atoms with van der Waals surface area (Å²) in [5.74, 6) is 0. The average Bonchev–Trinajstić information content (AvgIpc) is 2.58. The SMILES string of the molecule is Cc1cc(C)n(-c2ccc(CO)c(Br)c2)n1. The van der Waals surface area contributed by atoms with E-state index in [-0.39, 0.29) is 6.61 Å². The number of aliphatic hydroxyl groups excluding tert-OH is 1. The first-order valence-corrected chi connectivity index (χ1v) is 5.84. The van der Waals surface area contributed by atoms with E-state index in [0.717, 1.165) is 27.1 Å². The molecule has 0 aliphatic carbocycles. The first-order chi connectivity index (χ1) is 7.61. The number of hydrogen-bond donors (Lipinski definition) is 1. The minimum absolute atomic E-state index is 0.0397. The van der Waals surface area contributed by atoms with Crippen molar-refractivity contribution in [1.82, 2.24) is 9.78 Å². The Hall–Kier alpha value is -1.13. The highest BCUT2D eigenvalue weighted by Crippen LogP contribution is 2.21. The molecule has 1 N–H and O–H groups in total. The van der Waals surface area contributed by atoms with Crippen LogP contribution in [0.25, 0.3) is 5.69 Å². The van der Waals surface area contributed by atoms with Gasteiger partial charge in [0.05, 0.1) is 18.0 Å². The lowest BCUT2D eigenvalue weighted by molar-refractivity contribution is 0.281. The Morgan fingerprint density at radius 2 is 2.06 bits per heavy atom. The first-order valence-electron chi connectivity index (χ1n) is 5.04. The van der Waals surface area contributed by atoms with Gasteiger partial charge in [-0.1, -0.05) is 22.0 Å². The second-order valence-electron chi connectivity index (χ2n) is 3.77. The van der Waals surface area contributed by atoms with Crippen LogP contribution in [0, 0.1) is 13.8 Å². The third-order valence-electron chi connectivity index (χ3n) is 2.46. The van der Waals surface area contributed by atoms with E-state index in [1.165, 1.54) is 0 Å². The predicted octanol–water partition coefficient (Wildman–Crippen LogP) is 2.74. The summed E-state index contributed by atoms with van der Waals surface area (Å²) in [6, 6.07) is 7.85. The Balaban J connectivity index is 2.49. The fraction of sp³-hybridized carbons (Fsp3) is 0.250. The van der Waals surface area contributed by atoms with Gasteiger partial charge in [-0.15, -0.1) is 0 Å². The maximum absolute atomic E-state index is 9.09. The summed E-state index contributed by atoms with van der Waals surface area (Å²) in [6.45, 7) is 4.03. The van der Waals surface area contributed by atoms with Crippen molar-refractivity contribution in [3.63, 3.8) is 0 Å². The number of rotatable bonds is 2. The van der Waals surface area contributed by atoms with E-state index < -0.39 is 0 Å². The van der Waals surface area contributed by atoms with Crippen molar-refractivity contribution < 1.29 is 5.11 Å². The number of aliphatic hydroxyl groups is 1. The van der Waals surface area contributed by atoms with Crippen molar-refractivity contribution in [2.75, 3.05) is 0 Å². The molecule has 3 nitrogen and oxygen atoms in total. The number of aromatic nitrogens is 2. The molecular formula is C12H13BrN2O. The van der Waals surface area contributed by atoms with Gasteiger partial charge < -0.3 is 5.11 Å². The van der Waals surface area contributed by atoms with Crippen LogP contribution in [0.5, 0.6) is 0 Å². The fourth-order valence-corrected chi connectivity index (χ4v) is 2.18. The van der Waals surface area contributed by atoms with Gasteiger partial charge in [0.15, 0.2) is 0 Å². The number of aryl methyl sites for hydroxylation is 2. The van der Waals surface area contributed by atoms with Crippen LogP contribution in [0.15, 0.2) is 28.7 Å². The van der Waals surface area contributed by atoms with Crippen LogP contribution >= 0.6 is 15.9 Å². The van der Waals surface area contributed by atoms with E-state index in [2.05, 4.69) is 21.0 Å². The van der Waals surface area contributed by atoms with Gasteiger partial charge in [-0.3, -0.25) is 0 Å². The summed E-state index contributed by atoms with van der Waals surface area (Å²) in [5, 5.41) is 13.5. The number of benzene rings is 1. The Bertz CT molecular complexity index is 520. The first kappa shape index (κ1) is 11.4. The monoisotopic (exact) mass is 280 g/mol. The smallest absolute Gasteiger partial charge is 0.0692 e. The van der Waals surface area contributed by atoms with Gasteiger partial charge >= 0.3 is 0 Å². The van der Waals surface area contributed by atoms with Crippen LogP contribution < -0.4 is 0 Å². The summed E-state index contributed by atoms with van der Waals surface area (Å²) in [5.41, 5.74) is 3.97. The van der Waals surface area contributed by atoms with E-state index in [1.54, 1.807) is 0 Å². The molecule has 0 unspecified atom stereocenters. The van der Waals surface area contributed by atoms with Crippen LogP contribution in [0.4, 0.5) is 0 Å². The molecule has 0 bridgehead atoms. The second-order valence-corrected chi connectivity index (χ2v) is 4.63. The average molecular weight is 281 g/mol. The lowest BCUT2D eigenvalue weighted by atomic mass is 10.2. The molecule has 0 saturated carbocycles. The van der Waals surface area contributed by atoms with Gasteiger partial charge in [0.1, 0.15) is 0 Å². The van der Waals surface area contributed by atoms with Crippen LogP contribution in [0.3, 0.4) is 0 Å². The predicted molar refractivity (Wildman–Crippen MR) is 66.7 cm³/mol. The molecule has 0 spiro atoms. The Morgan fingerprint density at radius 3 is 2.56 bits per heavy atom. The molecule has 0 radical (unpaired) electrons. The largest absolute Gasteiger partial charge is 0.392 e. The molecule has 84 valence electrons. The Morgan fingerprint density at radius 1 is 1.31 bits per heavy atom. The highest BCUT2D eigenvalue weighted by atomic mass is 79.9. The summed E-state index contributed by atoms with van der Waals surface area (Å²) in [6.07, 6.45) is 0. The van der Waals surface area contributed by atoms with Crippen molar-refractivity contribution in [3.8, 4) is 5.69 Å². The lowest BCUT2D eigenvalue weighted by Gasteiger charge is -2.07. The topological polar surface area (TPSA) is 38.0 Å². The molecule has 0 aliphatic rings. The third-order valence-corrected chi connectivity index (χ3v) is 3.20. The molecule has 2 aromatic rings. The van der Waals surface area contributed by atoms with Crippen molar-refractivity contribution in [3.05, 3.63) is 45.7 Å². The van der Waals surface area contributed by atoms with Crippen molar-refractivity contribution >= 4 is 15.9 Å². The fourth-order valence-electron chi connectivity index (χ4n) is 1.69. The minimum atomic E-state index is 0.0397. The Kier molecular flexibility index (Phi) is 3.12. The van der Waals surface area contributed by atoms with E-state index in [0.29, 0.717) is 0 Å². The number of hydrogen-bond acceptors (Lipinski definition) is 2. The molecule has 1 heterocycles. The molecule has 2 rings (SSSR count). The second kappa shape index (κ2) is 4.39. The number of halogens is 1. The maximum atomic E-state index is 9.09. The molecule has 0 atom stereocenters. The zero-order chi connectivity index (χ0) is 11.7. The summed E-state index contributed by atoms with van der Waals surface area (Å²) in [7, 11) is 0. The highest BCUT2D eigenvalue weighted by Gasteiger charge is 2.06. The third kappa shape index (κ3) is 2.03. The van der Waals surface area contributed by atoms with Crippen molar-refractivity contribution in [2.24, 2.45) is 0 Å². The number of nitrogens with zero attached hydrogens (tertiary/aromatic N) is 2. The molecule has 0 amide bonds. The molecule has 1 aromatic carbocycles. The normalized spacial score (nSPS) is 10.8. The standard InChI is InChI=1S/C12H13BrN2O/c1-8-5-9(2)15(14-8)11-4-3-10(7-16)12(13)6-11/h3-6,16H,7H2,1-2H3. The molecular weight excluding hydrogens is 268 g/mol. The molecule has 4 heteroatoms. The zero-order valence-corrected chi connectivity index (χ0v) is 10.8. The maximum Gasteiger partial charge on any atom is 0.0692 e. The molecule has 16 heavy (non-hydrogen) atoms. The summed E-state index contributed by atoms with van der Waals surface area (Å²) in [4.78, 5) is 0. The van der Waals surface area contributed by atoms with Gasteiger partial charge in [0, 0.05) is 10.2 Å². The Labute approximate surface area is 103 Å². The van der Waals surface area contributed by atoms with Gasteiger partial charge in [-0.25, -0.2) is 4.68 Å². The van der Waals surface area contributed by atoms with Gasteiger partial charge in [0.25, 0.3) is 0 Å². The van der Waals surface area contributed by atoms with Crippen LogP contribution in [-0.4, -0.2) is 14.9 Å². The summed E-state index contributed by atoms with van der Waals surface area (Å²) < 4.78 is 2.79. The van der Waals surface area contributed by atoms with E-state index >= 15 is 0 Å².